The van der Waals surface area contributed by atoms with Gasteiger partial charge < -0.3 is 9.47 Å². The maximum absolute atomic E-state index is 13.9. The van der Waals surface area contributed by atoms with E-state index in [1.54, 1.807) is 0 Å². The van der Waals surface area contributed by atoms with Gasteiger partial charge in [0.05, 0.1) is 17.2 Å². The molecule has 0 radical (unpaired) electrons. The van der Waals surface area contributed by atoms with E-state index in [-0.39, 0.29) is 6.61 Å². The minimum atomic E-state index is -0.981. The monoisotopic (exact) mass is 476 g/mol. The van der Waals surface area contributed by atoms with Crippen molar-refractivity contribution >= 4 is 22.9 Å². The Balaban J connectivity index is 0.00000167. The van der Waals surface area contributed by atoms with Gasteiger partial charge in [0.25, 0.3) is 5.91 Å². The summed E-state index contributed by atoms with van der Waals surface area (Å²) in [5.74, 6) is -0.420. The van der Waals surface area contributed by atoms with Crippen molar-refractivity contribution in [2.75, 3.05) is 6.61 Å². The Morgan fingerprint density at radius 2 is 1.71 bits per heavy atom. The Hall–Kier alpha value is -3.25. The lowest BCUT2D eigenvalue weighted by Crippen LogP contribution is -2.45. The van der Waals surface area contributed by atoms with Gasteiger partial charge in [0.2, 0.25) is 0 Å². The molecule has 1 aliphatic heterocycles. The summed E-state index contributed by atoms with van der Waals surface area (Å²) in [5, 5.41) is 0.957. The molecule has 0 saturated carbocycles. The number of cyclic esters (lactones) is 1. The van der Waals surface area contributed by atoms with Crippen molar-refractivity contribution in [3.05, 3.63) is 77.0 Å². The van der Waals surface area contributed by atoms with Crippen LogP contribution in [0.2, 0.25) is 0 Å². The molecule has 2 atom stereocenters. The number of aromatic nitrogens is 1. The maximum Gasteiger partial charge on any atom is 0.417 e. The molecule has 0 bridgehead atoms. The summed E-state index contributed by atoms with van der Waals surface area (Å²) in [6.07, 6.45) is -1.09. The van der Waals surface area contributed by atoms with Crippen molar-refractivity contribution in [2.45, 2.75) is 72.6 Å². The Bertz CT molecular complexity index is 1180. The maximum atomic E-state index is 13.9. The van der Waals surface area contributed by atoms with Gasteiger partial charge in [-0.25, -0.2) is 9.69 Å². The fraction of sp³-hybridized carbons (Fsp3) is 0.414. The van der Waals surface area contributed by atoms with Gasteiger partial charge in [0.1, 0.15) is 6.61 Å². The van der Waals surface area contributed by atoms with E-state index >= 15 is 0 Å². The second-order valence-electron chi connectivity index (χ2n) is 9.49. The summed E-state index contributed by atoms with van der Waals surface area (Å²) in [7, 11) is 0. The predicted octanol–water partition coefficient (Wildman–Crippen LogP) is 6.32. The topological polar surface area (TPSA) is 68.7 Å². The minimum absolute atomic E-state index is 0.162. The molecule has 2 amide bonds. The highest BCUT2D eigenvalue weighted by atomic mass is 16.6. The molecule has 186 valence electrons. The van der Waals surface area contributed by atoms with E-state index in [9.17, 15) is 9.59 Å². The molecule has 1 fully saturated rings. The van der Waals surface area contributed by atoms with Gasteiger partial charge in [-0.05, 0) is 58.2 Å². The molecule has 4 rings (SSSR count). The van der Waals surface area contributed by atoms with Crippen LogP contribution in [0.3, 0.4) is 0 Å². The summed E-state index contributed by atoms with van der Waals surface area (Å²) in [6.45, 7) is 13.7. The van der Waals surface area contributed by atoms with Crippen LogP contribution in [0.1, 0.15) is 63.1 Å². The molecular formula is C29H36N2O4. The van der Waals surface area contributed by atoms with E-state index in [1.165, 1.54) is 4.90 Å². The summed E-state index contributed by atoms with van der Waals surface area (Å²) in [6, 6.07) is 17.2. The van der Waals surface area contributed by atoms with E-state index in [2.05, 4.69) is 0 Å². The molecule has 35 heavy (non-hydrogen) atoms. The third kappa shape index (κ3) is 5.88. The van der Waals surface area contributed by atoms with Crippen LogP contribution in [-0.2, 0) is 20.7 Å². The Labute approximate surface area is 208 Å². The minimum Gasteiger partial charge on any atom is -0.447 e. The van der Waals surface area contributed by atoms with E-state index < -0.39 is 29.7 Å². The highest BCUT2D eigenvalue weighted by Crippen LogP contribution is 2.35. The normalized spacial score (nSPS) is 16.5. The van der Waals surface area contributed by atoms with Gasteiger partial charge in [0.15, 0.2) is 6.10 Å². The molecule has 0 aliphatic carbocycles. The number of aryl methyl sites for hydroxylation is 2. The molecular weight excluding hydrogens is 440 g/mol. The molecule has 1 saturated heterocycles. The van der Waals surface area contributed by atoms with Gasteiger partial charge >= 0.3 is 6.09 Å². The highest BCUT2D eigenvalue weighted by Gasteiger charge is 2.43. The lowest BCUT2D eigenvalue weighted by atomic mass is 9.95. The summed E-state index contributed by atoms with van der Waals surface area (Å²) < 4.78 is 11.6. The number of hydrogen-bond acceptors (Lipinski definition) is 5. The molecule has 0 spiro atoms. The van der Waals surface area contributed by atoms with Crippen LogP contribution in [0.25, 0.3) is 10.9 Å². The van der Waals surface area contributed by atoms with Crippen LogP contribution >= 0.6 is 0 Å². The quantitative estimate of drug-likeness (QED) is 0.431. The number of para-hydroxylation sites is 1. The van der Waals surface area contributed by atoms with Crippen LogP contribution in [0, 0.1) is 13.8 Å². The number of carbonyl (C=O) groups is 2. The summed E-state index contributed by atoms with van der Waals surface area (Å²) in [5.41, 5.74) is 3.61. The Morgan fingerprint density at radius 1 is 1.09 bits per heavy atom. The van der Waals surface area contributed by atoms with Crippen molar-refractivity contribution in [1.29, 1.82) is 0 Å². The van der Waals surface area contributed by atoms with Crippen molar-refractivity contribution in [2.24, 2.45) is 0 Å². The van der Waals surface area contributed by atoms with E-state index in [0.717, 1.165) is 22.0 Å². The second kappa shape index (κ2) is 11.0. The third-order valence-corrected chi connectivity index (χ3v) is 5.86. The zero-order valence-electron chi connectivity index (χ0n) is 21.8. The van der Waals surface area contributed by atoms with Crippen molar-refractivity contribution in [3.63, 3.8) is 0 Å². The zero-order chi connectivity index (χ0) is 25.8. The molecule has 6 nitrogen and oxygen atoms in total. The summed E-state index contributed by atoms with van der Waals surface area (Å²) >= 11 is 0. The molecule has 2 heterocycles. The van der Waals surface area contributed by atoms with Gasteiger partial charge in [-0.2, -0.15) is 0 Å². The van der Waals surface area contributed by atoms with Crippen molar-refractivity contribution in [3.8, 4) is 0 Å². The number of nitrogens with zero attached hydrogens (tertiary/aromatic N) is 2. The van der Waals surface area contributed by atoms with Gasteiger partial charge in [0, 0.05) is 16.6 Å². The van der Waals surface area contributed by atoms with Crippen LogP contribution in [0.4, 0.5) is 4.79 Å². The second-order valence-corrected chi connectivity index (χ2v) is 9.49. The number of hydrogen-bond donors (Lipinski definition) is 0. The number of imide groups is 1. The van der Waals surface area contributed by atoms with Crippen LogP contribution in [-0.4, -0.2) is 40.1 Å². The molecule has 6 heteroatoms. The first-order valence-corrected chi connectivity index (χ1v) is 12.2. The first-order chi connectivity index (χ1) is 16.7. The van der Waals surface area contributed by atoms with E-state index in [4.69, 9.17) is 14.5 Å². The fourth-order valence-corrected chi connectivity index (χ4v) is 4.41. The number of pyridine rings is 1. The van der Waals surface area contributed by atoms with E-state index in [1.807, 2.05) is 103 Å². The van der Waals surface area contributed by atoms with Crippen molar-refractivity contribution < 1.29 is 19.1 Å². The number of ether oxygens (including phenoxy) is 2. The average molecular weight is 477 g/mol. The van der Waals surface area contributed by atoms with Crippen molar-refractivity contribution in [1.82, 2.24) is 9.88 Å². The van der Waals surface area contributed by atoms with E-state index in [0.29, 0.717) is 17.7 Å². The van der Waals surface area contributed by atoms with Gasteiger partial charge in [-0.1, -0.05) is 62.4 Å². The molecule has 3 aromatic rings. The number of carbonyl (C=O) groups excluding carboxylic acids is 2. The third-order valence-electron chi connectivity index (χ3n) is 5.86. The molecule has 0 unspecified atom stereocenters. The fourth-order valence-electron chi connectivity index (χ4n) is 4.41. The Kier molecular flexibility index (Phi) is 8.28. The molecule has 0 N–H and O–H groups in total. The molecule has 1 aliphatic rings. The molecule has 2 aromatic carbocycles. The average Bonchev–Trinajstić information content (AvgIpc) is 3.19. The summed E-state index contributed by atoms with van der Waals surface area (Å²) in [4.78, 5) is 32.6. The standard InChI is InChI=1S/C27H30N2O4.C2H6/c1-17-21-13-9-10-14-22(21)28-18(2)23(17)24(33-27(3,4)5)25(30)29-20(16-32-26(29)31)15-19-11-7-6-8-12-19;1-2/h6-14,20,24H,15-16H2,1-5H3;1-2H3/t20-,24+;/m1./s1. The van der Waals surface area contributed by atoms with Gasteiger partial charge in [-0.15, -0.1) is 0 Å². The predicted molar refractivity (Wildman–Crippen MR) is 138 cm³/mol. The number of fused-ring (bicyclic) bond motifs is 1. The Morgan fingerprint density at radius 3 is 2.37 bits per heavy atom. The highest BCUT2D eigenvalue weighted by molar-refractivity contribution is 5.97. The first kappa shape index (κ1) is 26.4. The number of rotatable bonds is 5. The zero-order valence-corrected chi connectivity index (χ0v) is 21.8. The largest absolute Gasteiger partial charge is 0.447 e. The lowest BCUT2D eigenvalue weighted by molar-refractivity contribution is -0.152. The van der Waals surface area contributed by atoms with Gasteiger partial charge in [-0.3, -0.25) is 9.78 Å². The smallest absolute Gasteiger partial charge is 0.417 e. The van der Waals surface area contributed by atoms with Crippen LogP contribution < -0.4 is 0 Å². The van der Waals surface area contributed by atoms with Crippen LogP contribution in [0.5, 0.6) is 0 Å². The van der Waals surface area contributed by atoms with Crippen LogP contribution in [0.15, 0.2) is 54.6 Å². The SMILES string of the molecule is CC.Cc1nc2ccccc2c(C)c1[C@H](OC(C)(C)C)C(=O)N1C(=O)OC[C@H]1Cc1ccccc1. The number of amides is 2. The molecule has 1 aromatic heterocycles. The number of benzene rings is 2. The first-order valence-electron chi connectivity index (χ1n) is 12.2. The lowest BCUT2D eigenvalue weighted by Gasteiger charge is -2.32.